The summed E-state index contributed by atoms with van der Waals surface area (Å²) >= 11 is 2.38. The fourth-order valence-corrected chi connectivity index (χ4v) is 10.5. The van der Waals surface area contributed by atoms with Crippen molar-refractivity contribution in [1.29, 1.82) is 0 Å². The van der Waals surface area contributed by atoms with E-state index in [1.54, 1.807) is 64.1 Å². The minimum Gasteiger partial charge on any atom is -0.507 e. The first-order valence-corrected chi connectivity index (χ1v) is 25.3. The van der Waals surface area contributed by atoms with Crippen molar-refractivity contribution in [2.45, 2.75) is 114 Å². The van der Waals surface area contributed by atoms with Crippen molar-refractivity contribution in [3.63, 3.8) is 0 Å². The van der Waals surface area contributed by atoms with E-state index in [0.29, 0.717) is 29.9 Å². The van der Waals surface area contributed by atoms with Crippen molar-refractivity contribution >= 4 is 62.7 Å². The lowest BCUT2D eigenvalue weighted by Gasteiger charge is -2.38. The molecular weight excluding hydrogens is 1040 g/mol. The molecule has 3 aromatic carbocycles. The Balaban J connectivity index is 1.32. The van der Waals surface area contributed by atoms with Gasteiger partial charge >= 0.3 is 17.7 Å². The molecule has 0 saturated carbocycles. The van der Waals surface area contributed by atoms with E-state index in [2.05, 4.69) is 50.6 Å². The largest absolute Gasteiger partial charge is 0.507 e. The lowest BCUT2D eigenvalue weighted by atomic mass is 9.78. The third-order valence-corrected chi connectivity index (χ3v) is 14.7. The Labute approximate surface area is 432 Å². The Hall–Kier alpha value is -5.85. The highest BCUT2D eigenvalue weighted by Crippen LogP contribution is 2.51. The van der Waals surface area contributed by atoms with Gasteiger partial charge < -0.3 is 54.3 Å². The first-order chi connectivity index (χ1) is 34.2. The summed E-state index contributed by atoms with van der Waals surface area (Å²) in [5.74, 6) is -7.70. The molecule has 0 aromatic heterocycles. The van der Waals surface area contributed by atoms with Crippen molar-refractivity contribution in [1.82, 2.24) is 4.90 Å². The maximum absolute atomic E-state index is 15.0. The molecule has 1 unspecified atom stereocenters. The average Bonchev–Trinajstić information content (AvgIpc) is 3.88. The number of phenolic OH excluding ortho intramolecular Hbond substituents is 2. The number of benzene rings is 3. The Morgan fingerprint density at radius 2 is 1.67 bits per heavy atom. The zero-order valence-electron chi connectivity index (χ0n) is 41.7. The SMILES string of the molecule is C#C[C@@]12O/C=C/[C@H](OC)[C@@H](C)[C@@H](OC(=O)CC(=O)OCc3ccccc3)[C@H](C)[C@H](O)[C@H](C)[C@@H](O)[C@@H](C)/C=C/C=C(/C)C(=O)N=c3c(O)c4c(O)c(C)c(c(c4c4c3=NC3(CCN(CC(C)I)CC3)N4)C1=O)O2. The maximum Gasteiger partial charge on any atom is 0.383 e. The molecular formula is C54H63IN4O13. The van der Waals surface area contributed by atoms with E-state index in [9.17, 15) is 39.6 Å². The molecule has 18 heteroatoms. The van der Waals surface area contributed by atoms with Gasteiger partial charge in [-0.25, -0.2) is 4.99 Å². The number of allylic oxidation sites excluding steroid dienone is 2. The van der Waals surface area contributed by atoms with Crippen LogP contribution in [0.1, 0.15) is 82.3 Å². The molecule has 72 heavy (non-hydrogen) atoms. The minimum atomic E-state index is -2.46. The van der Waals surface area contributed by atoms with Crippen LogP contribution in [-0.2, 0) is 39.9 Å². The van der Waals surface area contributed by atoms with Crippen LogP contribution < -0.4 is 20.8 Å². The van der Waals surface area contributed by atoms with E-state index in [4.69, 9.17) is 35.1 Å². The number of amides is 1. The summed E-state index contributed by atoms with van der Waals surface area (Å²) in [6, 6.07) is 8.94. The molecule has 1 amide bonds. The number of esters is 2. The average molecular weight is 1100 g/mol. The highest BCUT2D eigenvalue weighted by atomic mass is 127. The van der Waals surface area contributed by atoms with Crippen LogP contribution in [0.3, 0.4) is 0 Å². The Morgan fingerprint density at radius 3 is 2.32 bits per heavy atom. The van der Waals surface area contributed by atoms with Gasteiger partial charge in [-0.15, -0.1) is 6.42 Å². The van der Waals surface area contributed by atoms with Crippen molar-refractivity contribution in [2.75, 3.05) is 32.1 Å². The van der Waals surface area contributed by atoms with Gasteiger partial charge in [0, 0.05) is 83.7 Å². The quantitative estimate of drug-likeness (QED) is 0.0458. The molecule has 5 N–H and O–H groups in total. The molecule has 8 rings (SSSR count). The number of hydrogen-bond acceptors (Lipinski definition) is 16. The number of carbonyl (C=O) groups excluding carboxylic acids is 4. The number of ether oxygens (including phenoxy) is 5. The molecule has 1 fully saturated rings. The van der Waals surface area contributed by atoms with E-state index < -0.39 is 101 Å². The molecule has 0 aliphatic carbocycles. The van der Waals surface area contributed by atoms with Gasteiger partial charge in [-0.3, -0.25) is 24.2 Å². The second kappa shape index (κ2) is 22.1. The zero-order valence-corrected chi connectivity index (χ0v) is 43.8. The van der Waals surface area contributed by atoms with Crippen LogP contribution >= 0.6 is 22.6 Å². The summed E-state index contributed by atoms with van der Waals surface area (Å²) in [4.78, 5) is 67.2. The Bertz CT molecular complexity index is 2870. The number of likely N-dealkylation sites (tertiary alicyclic amines) is 1. The van der Waals surface area contributed by atoms with Crippen LogP contribution in [0.5, 0.6) is 17.2 Å². The predicted octanol–water partition coefficient (Wildman–Crippen LogP) is 5.64. The number of aliphatic hydroxyl groups excluding tert-OH is 2. The van der Waals surface area contributed by atoms with E-state index in [1.807, 2.05) is 6.07 Å². The number of Topliss-reactive ketones (excluding diaryl/α,β-unsaturated/α-hetero) is 1. The molecule has 1 spiro atoms. The molecule has 1 saturated heterocycles. The predicted molar refractivity (Wildman–Crippen MR) is 275 cm³/mol. The zero-order chi connectivity index (χ0) is 52.4. The second-order valence-electron chi connectivity index (χ2n) is 19.4. The van der Waals surface area contributed by atoms with Gasteiger partial charge in [0.1, 0.15) is 47.0 Å². The van der Waals surface area contributed by atoms with Crippen molar-refractivity contribution in [3.05, 3.63) is 93.9 Å². The van der Waals surface area contributed by atoms with Gasteiger partial charge in [0.05, 0.1) is 41.2 Å². The summed E-state index contributed by atoms with van der Waals surface area (Å²) in [5.41, 5.74) is 0.103. The molecule has 384 valence electrons. The lowest BCUT2D eigenvalue weighted by Crippen LogP contribution is -2.47. The van der Waals surface area contributed by atoms with Crippen LogP contribution in [0.25, 0.3) is 10.8 Å². The standard InChI is InChI=1S/C54H63IN4O13/c1-10-54-51(66)41-39-40(47(64)34(8)50(41)72-54)48(65)44(43-42(39)57-53(58-43)20-22-59(23-21-53)26-30(4)55)56-52(67)29(3)16-14-15-28(2)45(62)32(6)46(63)33(7)49(31(5)36(68-9)19-24-70-54)71-38(61)25-37(60)69-27-35-17-12-11-13-18-35/h1,11-19,24,28,30-33,36,45-46,49,57,62-65H,20-23,25-27H2,2-9H3/b15-14+,24-19+,29-16-,56-44?/t28-,30?,31+,32+,33+,36-,45-,46+,49+,54-/m0/s1. The van der Waals surface area contributed by atoms with E-state index in [0.717, 1.165) is 18.4 Å². The number of fused-ring (bicyclic) bond motifs is 13. The van der Waals surface area contributed by atoms with Crippen LogP contribution in [-0.4, -0.2) is 115 Å². The number of terminal acetylenes is 1. The number of nitrogens with zero attached hydrogens (tertiary/aromatic N) is 3. The normalized spacial score (nSPS) is 29.6. The van der Waals surface area contributed by atoms with E-state index in [1.165, 1.54) is 33.1 Å². The second-order valence-corrected chi connectivity index (χ2v) is 21.5. The number of nitrogens with one attached hydrogen (secondary N) is 1. The first-order valence-electron chi connectivity index (χ1n) is 24.1. The molecule has 10 atom stereocenters. The Morgan fingerprint density at radius 1 is 0.972 bits per heavy atom. The summed E-state index contributed by atoms with van der Waals surface area (Å²) in [7, 11) is 1.39. The van der Waals surface area contributed by atoms with Crippen LogP contribution in [0.4, 0.5) is 5.69 Å². The Kier molecular flexibility index (Phi) is 16.6. The number of alkyl halides is 1. The third-order valence-electron chi connectivity index (χ3n) is 14.3. The molecule has 5 aliphatic heterocycles. The summed E-state index contributed by atoms with van der Waals surface area (Å²) in [5, 5.41) is 50.9. The number of anilines is 1. The van der Waals surface area contributed by atoms with Gasteiger partial charge in [0.15, 0.2) is 5.75 Å². The van der Waals surface area contributed by atoms with E-state index >= 15 is 0 Å². The number of rotatable bonds is 8. The van der Waals surface area contributed by atoms with Crippen LogP contribution in [0, 0.1) is 42.9 Å². The van der Waals surface area contributed by atoms with Gasteiger partial charge in [-0.2, -0.15) is 0 Å². The summed E-state index contributed by atoms with van der Waals surface area (Å²) in [6.07, 6.45) is 9.12. The molecule has 5 heterocycles. The number of hydrogen-bond donors (Lipinski definition) is 5. The van der Waals surface area contributed by atoms with Crippen LogP contribution in [0.2, 0.25) is 0 Å². The highest BCUT2D eigenvalue weighted by molar-refractivity contribution is 14.1. The molecule has 17 nitrogen and oxygen atoms in total. The fourth-order valence-electron chi connectivity index (χ4n) is 9.97. The fraction of sp³-hybridized carbons (Fsp3) is 0.481. The maximum atomic E-state index is 15.0. The van der Waals surface area contributed by atoms with E-state index in [-0.39, 0.29) is 56.2 Å². The number of aromatic hydroxyl groups is 2. The van der Waals surface area contributed by atoms with Gasteiger partial charge in [0.2, 0.25) is 0 Å². The third kappa shape index (κ3) is 10.8. The van der Waals surface area contributed by atoms with Crippen LogP contribution in [0.15, 0.2) is 76.5 Å². The van der Waals surface area contributed by atoms with Crippen molar-refractivity contribution in [2.24, 2.45) is 33.7 Å². The number of phenols is 2. The monoisotopic (exact) mass is 1100 g/mol. The first kappa shape index (κ1) is 53.9. The molecule has 5 aliphatic rings. The number of carbonyl (C=O) groups is 4. The van der Waals surface area contributed by atoms with Gasteiger partial charge in [-0.05, 0) is 31.4 Å². The topological polar surface area (TPSA) is 235 Å². The molecule has 5 bridgehead atoms. The molecule has 3 aromatic rings. The van der Waals surface area contributed by atoms with Crippen molar-refractivity contribution < 1.29 is 63.3 Å². The highest BCUT2D eigenvalue weighted by Gasteiger charge is 2.53. The van der Waals surface area contributed by atoms with Gasteiger partial charge in [-0.1, -0.05) is 106 Å². The number of piperidine rings is 1. The smallest absolute Gasteiger partial charge is 0.383 e. The summed E-state index contributed by atoms with van der Waals surface area (Å²) in [6.45, 7) is 14.0. The van der Waals surface area contributed by atoms with Crippen molar-refractivity contribution in [3.8, 4) is 29.6 Å². The minimum absolute atomic E-state index is 0.0377. The lowest BCUT2D eigenvalue weighted by molar-refractivity contribution is -0.168. The number of methoxy groups -OCH3 is 1. The number of halogens is 1. The number of ketones is 1. The molecule has 0 radical (unpaired) electrons. The van der Waals surface area contributed by atoms with Gasteiger partial charge in [0.25, 0.3) is 11.7 Å². The number of aliphatic hydroxyl groups is 2. The summed E-state index contributed by atoms with van der Waals surface area (Å²) < 4.78 is 29.9.